The van der Waals surface area contributed by atoms with Crippen LogP contribution in [0.1, 0.15) is 26.3 Å². The van der Waals surface area contributed by atoms with Crippen LogP contribution in [0.3, 0.4) is 0 Å². The summed E-state index contributed by atoms with van der Waals surface area (Å²) in [5, 5.41) is 10.8. The molecule has 0 radical (unpaired) electrons. The highest BCUT2D eigenvalue weighted by Gasteiger charge is 2.30. The summed E-state index contributed by atoms with van der Waals surface area (Å²) in [6.07, 6.45) is 7.08. The molecule has 1 aromatic rings. The third-order valence-corrected chi connectivity index (χ3v) is 3.64. The highest BCUT2D eigenvalue weighted by atomic mass is 35.5. The van der Waals surface area contributed by atoms with Gasteiger partial charge < -0.3 is 4.74 Å². The van der Waals surface area contributed by atoms with Crippen molar-refractivity contribution in [3.05, 3.63) is 59.3 Å². The molecule has 1 aliphatic heterocycles. The summed E-state index contributed by atoms with van der Waals surface area (Å²) in [5.74, 6) is 0.751. The first-order valence-electron chi connectivity index (χ1n) is 7.14. The van der Waals surface area contributed by atoms with Crippen LogP contribution in [0.25, 0.3) is 5.57 Å². The highest BCUT2D eigenvalue weighted by molar-refractivity contribution is 6.30. The molecule has 0 saturated heterocycles. The lowest BCUT2D eigenvalue weighted by molar-refractivity contribution is -0.731. The molecule has 0 aliphatic carbocycles. The first-order chi connectivity index (χ1) is 10.4. The van der Waals surface area contributed by atoms with Crippen molar-refractivity contribution in [3.8, 4) is 5.75 Å². The van der Waals surface area contributed by atoms with Gasteiger partial charge in [-0.25, -0.2) is 0 Å². The molecule has 0 unspecified atom stereocenters. The molecule has 0 bridgehead atoms. The minimum Gasteiger partial charge on any atom is -0.492 e. The van der Waals surface area contributed by atoms with E-state index in [0.717, 1.165) is 21.6 Å². The van der Waals surface area contributed by atoms with E-state index in [-0.39, 0.29) is 5.41 Å². The Hall–Kier alpha value is -2.00. The third-order valence-electron chi connectivity index (χ3n) is 3.41. The molecule has 22 heavy (non-hydrogen) atoms. The first-order valence-corrected chi connectivity index (χ1v) is 7.52. The van der Waals surface area contributed by atoms with Gasteiger partial charge in [0, 0.05) is 33.7 Å². The Bertz CT molecular complexity index is 684. The maximum atomic E-state index is 10.2. The Labute approximate surface area is 136 Å². The van der Waals surface area contributed by atoms with Crippen molar-refractivity contribution >= 4 is 23.4 Å². The van der Waals surface area contributed by atoms with Crippen molar-refractivity contribution in [1.82, 2.24) is 0 Å². The van der Waals surface area contributed by atoms with Crippen molar-refractivity contribution in [2.75, 3.05) is 6.61 Å². The standard InChI is InChI=1S/C18H21ClNO2/c1-5-7-16(20(21)6-2)15-11-18(3,4)12-22-17-9-8-13(19)10-14(15)17/h5-11,21H,1,12H2,2-4H3/q+1/b16-7-,20-6+. The zero-order chi connectivity index (χ0) is 16.3. The fraction of sp³-hybridized carbons (Fsp3) is 0.278. The number of hydrogen-bond donors (Lipinski definition) is 1. The number of benzene rings is 1. The van der Waals surface area contributed by atoms with Crippen molar-refractivity contribution in [1.29, 1.82) is 0 Å². The first kappa shape index (κ1) is 16.4. The number of ether oxygens (including phenoxy) is 1. The number of halogens is 1. The van der Waals surface area contributed by atoms with E-state index in [4.69, 9.17) is 16.3 Å². The van der Waals surface area contributed by atoms with Crippen LogP contribution in [-0.2, 0) is 0 Å². The van der Waals surface area contributed by atoms with Crippen LogP contribution in [0, 0.1) is 5.41 Å². The predicted octanol–water partition coefficient (Wildman–Crippen LogP) is 4.70. The van der Waals surface area contributed by atoms with Gasteiger partial charge in [0.1, 0.15) is 5.75 Å². The van der Waals surface area contributed by atoms with Crippen molar-refractivity contribution in [3.63, 3.8) is 0 Å². The summed E-state index contributed by atoms with van der Waals surface area (Å²) in [4.78, 5) is 0. The van der Waals surface area contributed by atoms with Crippen LogP contribution in [0.5, 0.6) is 5.75 Å². The van der Waals surface area contributed by atoms with E-state index in [2.05, 4.69) is 26.5 Å². The summed E-state index contributed by atoms with van der Waals surface area (Å²) >= 11 is 6.16. The zero-order valence-corrected chi connectivity index (χ0v) is 13.9. The molecule has 0 atom stereocenters. The van der Waals surface area contributed by atoms with Gasteiger partial charge in [0.15, 0.2) is 6.21 Å². The molecule has 1 N–H and O–H groups in total. The van der Waals surface area contributed by atoms with E-state index in [1.54, 1.807) is 31.4 Å². The molecular weight excluding hydrogens is 298 g/mol. The van der Waals surface area contributed by atoms with Gasteiger partial charge in [-0.05, 0) is 18.2 Å². The van der Waals surface area contributed by atoms with Crippen LogP contribution in [0.4, 0.5) is 0 Å². The molecule has 116 valence electrons. The average Bonchev–Trinajstić information content (AvgIpc) is 2.60. The van der Waals surface area contributed by atoms with Gasteiger partial charge in [-0.2, -0.15) is 0 Å². The SMILES string of the molecule is C=C/C=C(C1=CC(C)(C)COc2ccc(Cl)cc21)\[N+](O)=C/C. The lowest BCUT2D eigenvalue weighted by Crippen LogP contribution is -2.18. The van der Waals surface area contributed by atoms with Gasteiger partial charge in [-0.3, -0.25) is 5.21 Å². The summed E-state index contributed by atoms with van der Waals surface area (Å²) < 4.78 is 7.00. The monoisotopic (exact) mass is 318 g/mol. The molecule has 4 heteroatoms. The summed E-state index contributed by atoms with van der Waals surface area (Å²) in [5.41, 5.74) is 2.16. The molecule has 3 nitrogen and oxygen atoms in total. The van der Waals surface area contributed by atoms with Crippen molar-refractivity contribution in [2.45, 2.75) is 20.8 Å². The molecule has 1 aromatic carbocycles. The number of fused-ring (bicyclic) bond motifs is 1. The number of rotatable bonds is 3. The Morgan fingerprint density at radius 1 is 1.45 bits per heavy atom. The Morgan fingerprint density at radius 2 is 2.18 bits per heavy atom. The van der Waals surface area contributed by atoms with E-state index >= 15 is 0 Å². The molecule has 0 fully saturated rings. The van der Waals surface area contributed by atoms with E-state index in [9.17, 15) is 5.21 Å². The fourth-order valence-corrected chi connectivity index (χ4v) is 2.54. The predicted molar refractivity (Wildman–Crippen MR) is 90.8 cm³/mol. The smallest absolute Gasteiger partial charge is 0.264 e. The molecule has 1 heterocycles. The number of hydroxylamine groups is 1. The van der Waals surface area contributed by atoms with Crippen LogP contribution in [0.2, 0.25) is 5.02 Å². The van der Waals surface area contributed by atoms with Crippen molar-refractivity contribution in [2.24, 2.45) is 5.41 Å². The fourth-order valence-electron chi connectivity index (χ4n) is 2.36. The molecular formula is C18H21ClNO2+. The lowest BCUT2D eigenvalue weighted by Gasteiger charge is -2.18. The van der Waals surface area contributed by atoms with E-state index < -0.39 is 0 Å². The van der Waals surface area contributed by atoms with E-state index in [1.807, 2.05) is 12.1 Å². The minimum atomic E-state index is -0.185. The molecule has 0 spiro atoms. The molecule has 0 saturated carbocycles. The molecule has 0 aromatic heterocycles. The van der Waals surface area contributed by atoms with Gasteiger partial charge in [0.2, 0.25) is 0 Å². The van der Waals surface area contributed by atoms with Gasteiger partial charge in [-0.1, -0.05) is 44.2 Å². The van der Waals surface area contributed by atoms with Crippen LogP contribution < -0.4 is 4.74 Å². The largest absolute Gasteiger partial charge is 0.492 e. The maximum absolute atomic E-state index is 10.2. The highest BCUT2D eigenvalue weighted by Crippen LogP contribution is 2.39. The normalized spacial score (nSPS) is 17.9. The number of allylic oxidation sites excluding steroid dienone is 3. The number of hydrogen-bond acceptors (Lipinski definition) is 2. The topological polar surface area (TPSA) is 32.5 Å². The maximum Gasteiger partial charge on any atom is 0.264 e. The molecule has 0 amide bonds. The average molecular weight is 319 g/mol. The van der Waals surface area contributed by atoms with Crippen LogP contribution in [0.15, 0.2) is 48.7 Å². The van der Waals surface area contributed by atoms with Gasteiger partial charge in [0.05, 0.1) is 12.2 Å². The quantitative estimate of drug-likeness (QED) is 0.288. The third kappa shape index (κ3) is 3.42. The van der Waals surface area contributed by atoms with E-state index in [0.29, 0.717) is 17.3 Å². The molecule has 1 aliphatic rings. The lowest BCUT2D eigenvalue weighted by atomic mass is 9.89. The Balaban J connectivity index is 2.73. The van der Waals surface area contributed by atoms with Gasteiger partial charge >= 0.3 is 0 Å². The second-order valence-corrected chi connectivity index (χ2v) is 6.30. The minimum absolute atomic E-state index is 0.185. The van der Waals surface area contributed by atoms with Gasteiger partial charge in [-0.15, -0.1) is 0 Å². The second-order valence-electron chi connectivity index (χ2n) is 5.87. The summed E-state index contributed by atoms with van der Waals surface area (Å²) in [6.45, 7) is 10.2. The second kappa shape index (κ2) is 6.41. The van der Waals surface area contributed by atoms with Crippen molar-refractivity contribution < 1.29 is 14.7 Å². The Morgan fingerprint density at radius 3 is 2.82 bits per heavy atom. The molecule has 2 rings (SSSR count). The summed E-state index contributed by atoms with van der Waals surface area (Å²) in [6, 6.07) is 5.51. The van der Waals surface area contributed by atoms with Crippen LogP contribution in [-0.4, -0.2) is 22.8 Å². The van der Waals surface area contributed by atoms with Gasteiger partial charge in [0.25, 0.3) is 5.70 Å². The zero-order valence-electron chi connectivity index (χ0n) is 13.1. The van der Waals surface area contributed by atoms with E-state index in [1.165, 1.54) is 0 Å². The summed E-state index contributed by atoms with van der Waals surface area (Å²) in [7, 11) is 0. The Kier molecular flexibility index (Phi) is 4.77. The van der Waals surface area contributed by atoms with Crippen LogP contribution >= 0.6 is 11.6 Å². The number of nitrogens with zero attached hydrogens (tertiary/aromatic N) is 1.